The van der Waals surface area contributed by atoms with Crippen LogP contribution in [0.15, 0.2) is 48.7 Å². The average Bonchev–Trinajstić information content (AvgIpc) is 3.37. The van der Waals surface area contributed by atoms with Crippen LogP contribution in [0.4, 0.5) is 4.39 Å². The van der Waals surface area contributed by atoms with E-state index < -0.39 is 11.9 Å². The molecule has 2 aromatic carbocycles. The Morgan fingerprint density at radius 1 is 1.12 bits per heavy atom. The summed E-state index contributed by atoms with van der Waals surface area (Å²) in [5, 5.41) is 3.16. The molecule has 8 heteroatoms. The highest BCUT2D eigenvalue weighted by Gasteiger charge is 2.34. The van der Waals surface area contributed by atoms with E-state index in [-0.39, 0.29) is 30.1 Å². The van der Waals surface area contributed by atoms with E-state index in [0.29, 0.717) is 5.56 Å². The van der Waals surface area contributed by atoms with Crippen molar-refractivity contribution in [3.63, 3.8) is 0 Å². The first kappa shape index (κ1) is 24.0. The Morgan fingerprint density at radius 3 is 2.53 bits per heavy atom. The molecule has 34 heavy (non-hydrogen) atoms. The lowest BCUT2D eigenvalue weighted by Gasteiger charge is -2.33. The van der Waals surface area contributed by atoms with Crippen LogP contribution >= 0.6 is 11.7 Å². The summed E-state index contributed by atoms with van der Waals surface area (Å²) in [6.07, 6.45) is 6.57. The standard InChI is InChI=1S/C26H29FN4O2S/c1-17-8-9-18(2)20(14-17)16-31(26(33)23-15-28-34-30-23)24(19-10-12-21(27)13-11-19)25(32)29-22-6-4-3-5-7-22/h8-15,22,24H,3-7,16H2,1-2H3,(H,29,32)/t24-/m1/s1. The Hall–Kier alpha value is -3.13. The Balaban J connectivity index is 1.75. The van der Waals surface area contributed by atoms with E-state index in [1.807, 2.05) is 32.0 Å². The minimum atomic E-state index is -0.934. The molecule has 0 radical (unpaired) electrons. The molecule has 2 amide bonds. The van der Waals surface area contributed by atoms with Gasteiger partial charge in [-0.3, -0.25) is 9.59 Å². The summed E-state index contributed by atoms with van der Waals surface area (Å²) in [5.41, 5.74) is 3.76. The second kappa shape index (κ2) is 10.9. The fraction of sp³-hybridized carbons (Fsp3) is 0.385. The molecule has 1 atom stereocenters. The second-order valence-electron chi connectivity index (χ2n) is 8.95. The van der Waals surface area contributed by atoms with Gasteiger partial charge < -0.3 is 10.2 Å². The van der Waals surface area contributed by atoms with Crippen molar-refractivity contribution < 1.29 is 14.0 Å². The summed E-state index contributed by atoms with van der Waals surface area (Å²) in [4.78, 5) is 28.9. The molecule has 1 aromatic heterocycles. The molecule has 0 spiro atoms. The topological polar surface area (TPSA) is 75.2 Å². The molecule has 0 aliphatic heterocycles. The maximum Gasteiger partial charge on any atom is 0.276 e. The quantitative estimate of drug-likeness (QED) is 0.509. The van der Waals surface area contributed by atoms with Crippen LogP contribution in [-0.4, -0.2) is 31.5 Å². The van der Waals surface area contributed by atoms with E-state index in [2.05, 4.69) is 14.1 Å². The highest BCUT2D eigenvalue weighted by Crippen LogP contribution is 2.28. The lowest BCUT2D eigenvalue weighted by atomic mass is 9.94. The number of aryl methyl sites for hydroxylation is 2. The van der Waals surface area contributed by atoms with E-state index in [1.54, 1.807) is 12.1 Å². The maximum atomic E-state index is 13.8. The van der Waals surface area contributed by atoms with Crippen LogP contribution in [0.2, 0.25) is 0 Å². The van der Waals surface area contributed by atoms with Crippen LogP contribution in [0.25, 0.3) is 0 Å². The first-order valence-electron chi connectivity index (χ1n) is 11.6. The number of nitrogens with zero attached hydrogens (tertiary/aromatic N) is 3. The van der Waals surface area contributed by atoms with Crippen molar-refractivity contribution in [3.8, 4) is 0 Å². The molecular formula is C26H29FN4O2S. The van der Waals surface area contributed by atoms with Gasteiger partial charge >= 0.3 is 0 Å². The van der Waals surface area contributed by atoms with Gasteiger partial charge in [0.25, 0.3) is 5.91 Å². The monoisotopic (exact) mass is 480 g/mol. The number of aromatic nitrogens is 2. The van der Waals surface area contributed by atoms with Crippen molar-refractivity contribution in [3.05, 3.63) is 82.4 Å². The molecular weight excluding hydrogens is 451 g/mol. The van der Waals surface area contributed by atoms with Gasteiger partial charge in [-0.2, -0.15) is 8.75 Å². The number of rotatable bonds is 7. The number of nitrogens with one attached hydrogen (secondary N) is 1. The molecule has 0 saturated heterocycles. The molecule has 6 nitrogen and oxygen atoms in total. The molecule has 1 fully saturated rings. The van der Waals surface area contributed by atoms with Gasteiger partial charge in [0.05, 0.1) is 17.9 Å². The lowest BCUT2D eigenvalue weighted by molar-refractivity contribution is -0.127. The van der Waals surface area contributed by atoms with E-state index in [0.717, 1.165) is 54.1 Å². The molecule has 3 aromatic rings. The Morgan fingerprint density at radius 2 is 1.85 bits per heavy atom. The van der Waals surface area contributed by atoms with Gasteiger partial charge in [0.2, 0.25) is 5.91 Å². The zero-order valence-corrected chi connectivity index (χ0v) is 20.3. The first-order chi connectivity index (χ1) is 16.4. The average molecular weight is 481 g/mol. The number of carbonyl (C=O) groups excluding carboxylic acids is 2. The summed E-state index contributed by atoms with van der Waals surface area (Å²) in [6, 6.07) is 11.0. The van der Waals surface area contributed by atoms with E-state index in [4.69, 9.17) is 0 Å². The zero-order chi connectivity index (χ0) is 24.1. The molecule has 4 rings (SSSR count). The molecule has 1 aliphatic rings. The number of benzene rings is 2. The van der Waals surface area contributed by atoms with Gasteiger partial charge in [0, 0.05) is 12.6 Å². The first-order valence-corrected chi connectivity index (χ1v) is 12.4. The van der Waals surface area contributed by atoms with Crippen molar-refractivity contribution in [2.24, 2.45) is 0 Å². The largest absolute Gasteiger partial charge is 0.351 e. The molecule has 178 valence electrons. The second-order valence-corrected chi connectivity index (χ2v) is 9.51. The summed E-state index contributed by atoms with van der Waals surface area (Å²) in [7, 11) is 0. The van der Waals surface area contributed by atoms with Crippen LogP contribution in [0, 0.1) is 19.7 Å². The molecule has 1 N–H and O–H groups in total. The summed E-state index contributed by atoms with van der Waals surface area (Å²) in [5.74, 6) is -1.05. The number of amides is 2. The van der Waals surface area contributed by atoms with Crippen molar-refractivity contribution in [1.29, 1.82) is 0 Å². The number of carbonyl (C=O) groups is 2. The van der Waals surface area contributed by atoms with Crippen molar-refractivity contribution in [2.75, 3.05) is 0 Å². The Kier molecular flexibility index (Phi) is 7.67. The number of halogens is 1. The van der Waals surface area contributed by atoms with Crippen LogP contribution in [0.1, 0.15) is 70.9 Å². The maximum absolute atomic E-state index is 13.8. The fourth-order valence-corrected chi connectivity index (χ4v) is 4.89. The van der Waals surface area contributed by atoms with Gasteiger partial charge in [0.1, 0.15) is 11.9 Å². The minimum absolute atomic E-state index is 0.0720. The van der Waals surface area contributed by atoms with E-state index >= 15 is 0 Å². The summed E-state index contributed by atoms with van der Waals surface area (Å²) < 4.78 is 21.9. The summed E-state index contributed by atoms with van der Waals surface area (Å²) in [6.45, 7) is 4.19. The molecule has 0 bridgehead atoms. The predicted molar refractivity (Wildman–Crippen MR) is 130 cm³/mol. The fourth-order valence-electron chi connectivity index (χ4n) is 4.49. The Bertz CT molecular complexity index is 1130. The summed E-state index contributed by atoms with van der Waals surface area (Å²) >= 11 is 0.946. The van der Waals surface area contributed by atoms with Crippen LogP contribution in [0.5, 0.6) is 0 Å². The predicted octanol–water partition coefficient (Wildman–Crippen LogP) is 5.13. The van der Waals surface area contributed by atoms with Crippen LogP contribution < -0.4 is 5.32 Å². The SMILES string of the molecule is Cc1ccc(C)c(CN(C(=O)c2cnsn2)[C@@H](C(=O)NC2CCCCC2)c2ccc(F)cc2)c1. The van der Waals surface area contributed by atoms with Gasteiger partial charge in [-0.15, -0.1) is 0 Å². The van der Waals surface area contributed by atoms with Crippen molar-refractivity contribution in [2.45, 2.75) is 64.6 Å². The highest BCUT2D eigenvalue weighted by atomic mass is 32.1. The van der Waals surface area contributed by atoms with Crippen molar-refractivity contribution >= 4 is 23.5 Å². The van der Waals surface area contributed by atoms with Gasteiger partial charge in [-0.1, -0.05) is 55.2 Å². The minimum Gasteiger partial charge on any atom is -0.351 e. The van der Waals surface area contributed by atoms with Crippen LogP contribution in [-0.2, 0) is 11.3 Å². The van der Waals surface area contributed by atoms with Gasteiger partial charge in [0.15, 0.2) is 5.69 Å². The van der Waals surface area contributed by atoms with Gasteiger partial charge in [-0.25, -0.2) is 4.39 Å². The molecule has 1 saturated carbocycles. The molecule has 1 aliphatic carbocycles. The van der Waals surface area contributed by atoms with E-state index in [9.17, 15) is 14.0 Å². The zero-order valence-electron chi connectivity index (χ0n) is 19.5. The number of hydrogen-bond donors (Lipinski definition) is 1. The van der Waals surface area contributed by atoms with E-state index in [1.165, 1.54) is 29.7 Å². The van der Waals surface area contributed by atoms with Crippen LogP contribution in [0.3, 0.4) is 0 Å². The van der Waals surface area contributed by atoms with Crippen molar-refractivity contribution in [1.82, 2.24) is 19.0 Å². The smallest absolute Gasteiger partial charge is 0.276 e. The number of hydrogen-bond acceptors (Lipinski definition) is 5. The third-order valence-corrected chi connectivity index (χ3v) is 6.86. The highest BCUT2D eigenvalue weighted by molar-refractivity contribution is 6.99. The third kappa shape index (κ3) is 5.67. The van der Waals surface area contributed by atoms with Gasteiger partial charge in [-0.05, 0) is 55.5 Å². The molecule has 1 heterocycles. The Labute approximate surface area is 203 Å². The normalized spacial score (nSPS) is 15.0. The third-order valence-electron chi connectivity index (χ3n) is 6.38. The lowest BCUT2D eigenvalue weighted by Crippen LogP contribution is -2.47. The molecule has 0 unspecified atom stereocenters.